The Hall–Kier alpha value is -2.27. The first kappa shape index (κ1) is 21.0. The summed E-state index contributed by atoms with van der Waals surface area (Å²) in [6.07, 6.45) is 5.09. The fraction of sp³-hybridized carbons (Fsp3) is 0.500. The van der Waals surface area contributed by atoms with Gasteiger partial charge in [-0.15, -0.1) is 0 Å². The van der Waals surface area contributed by atoms with Gasteiger partial charge in [0, 0.05) is 17.1 Å². The Balaban J connectivity index is 1.64. The highest BCUT2D eigenvalue weighted by molar-refractivity contribution is 6.33. The van der Waals surface area contributed by atoms with Gasteiger partial charge < -0.3 is 14.6 Å². The molecule has 0 aliphatic heterocycles. The van der Waals surface area contributed by atoms with Crippen LogP contribution in [-0.2, 0) is 9.53 Å². The first-order valence-electron chi connectivity index (χ1n) is 10.2. The standard InChI is InChI=1S/C24H27ClO5/c1-12-19(16(27)7-17(29-5)21(12)25)22(28)30-18-10-24(4)15-9-23(2,3)8-13(15)6-14(11-26)20(18)24/h6-7,11,15,18,27H,8-10H2,1-5H3/t15-,18+,24+/m0/s1. The Morgan fingerprint density at radius 1 is 1.30 bits per heavy atom. The lowest BCUT2D eigenvalue weighted by Gasteiger charge is -2.54. The van der Waals surface area contributed by atoms with E-state index in [1.165, 1.54) is 18.7 Å². The van der Waals surface area contributed by atoms with E-state index in [0.29, 0.717) is 29.2 Å². The van der Waals surface area contributed by atoms with Crippen LogP contribution in [0.2, 0.25) is 5.02 Å². The maximum Gasteiger partial charge on any atom is 0.342 e. The number of carbonyl (C=O) groups excluding carboxylic acids is 2. The Morgan fingerprint density at radius 3 is 2.63 bits per heavy atom. The van der Waals surface area contributed by atoms with E-state index >= 15 is 0 Å². The van der Waals surface area contributed by atoms with Crippen LogP contribution in [0.5, 0.6) is 11.5 Å². The largest absolute Gasteiger partial charge is 0.507 e. The molecular weight excluding hydrogens is 404 g/mol. The molecule has 0 saturated heterocycles. The number of aldehydes is 1. The van der Waals surface area contributed by atoms with E-state index in [9.17, 15) is 14.7 Å². The predicted octanol–water partition coefficient (Wildman–Crippen LogP) is 5.17. The van der Waals surface area contributed by atoms with Gasteiger partial charge in [0.1, 0.15) is 29.5 Å². The average molecular weight is 431 g/mol. The number of benzene rings is 1. The monoisotopic (exact) mass is 430 g/mol. The molecule has 4 rings (SSSR count). The molecule has 0 radical (unpaired) electrons. The Morgan fingerprint density at radius 2 is 2.00 bits per heavy atom. The van der Waals surface area contributed by atoms with Crippen molar-refractivity contribution < 1.29 is 24.2 Å². The molecule has 2 saturated carbocycles. The average Bonchev–Trinajstić information content (AvgIpc) is 2.97. The molecule has 1 N–H and O–H groups in total. The number of rotatable bonds is 4. The molecule has 6 heteroatoms. The number of phenols is 1. The van der Waals surface area contributed by atoms with Crippen LogP contribution in [0.4, 0.5) is 0 Å². The Kier molecular flexibility index (Phi) is 4.81. The molecule has 0 spiro atoms. The normalized spacial score (nSPS) is 28.8. The molecule has 0 unspecified atom stereocenters. The zero-order valence-electron chi connectivity index (χ0n) is 18.0. The van der Waals surface area contributed by atoms with Crippen LogP contribution >= 0.6 is 11.6 Å². The number of phenolic OH excluding ortho intramolecular Hbond substituents is 1. The third kappa shape index (κ3) is 2.97. The van der Waals surface area contributed by atoms with E-state index in [4.69, 9.17) is 21.1 Å². The minimum Gasteiger partial charge on any atom is -0.507 e. The first-order valence-corrected chi connectivity index (χ1v) is 10.6. The van der Waals surface area contributed by atoms with Crippen LogP contribution in [-0.4, -0.2) is 30.6 Å². The first-order chi connectivity index (χ1) is 14.0. The van der Waals surface area contributed by atoms with Gasteiger partial charge in [-0.25, -0.2) is 4.79 Å². The minimum absolute atomic E-state index is 0.0247. The summed E-state index contributed by atoms with van der Waals surface area (Å²) in [6, 6.07) is 1.31. The number of hydrogen-bond acceptors (Lipinski definition) is 5. The van der Waals surface area contributed by atoms with Crippen molar-refractivity contribution in [2.75, 3.05) is 7.11 Å². The number of esters is 1. The molecular formula is C24H27ClO5. The van der Waals surface area contributed by atoms with Crippen LogP contribution in [0.15, 0.2) is 28.9 Å². The number of fused-ring (bicyclic) bond motifs is 3. The summed E-state index contributed by atoms with van der Waals surface area (Å²) >= 11 is 6.26. The number of aromatic hydroxyl groups is 1. The van der Waals surface area contributed by atoms with Gasteiger partial charge >= 0.3 is 5.97 Å². The molecule has 1 aromatic rings. The van der Waals surface area contributed by atoms with Gasteiger partial charge in [-0.3, -0.25) is 4.79 Å². The summed E-state index contributed by atoms with van der Waals surface area (Å²) in [7, 11) is 1.44. The van der Waals surface area contributed by atoms with Gasteiger partial charge in [-0.1, -0.05) is 44.0 Å². The molecule has 3 aliphatic rings. The predicted molar refractivity (Wildman–Crippen MR) is 114 cm³/mol. The van der Waals surface area contributed by atoms with E-state index in [2.05, 4.69) is 20.8 Å². The van der Waals surface area contributed by atoms with Crippen LogP contribution in [0, 0.1) is 23.7 Å². The highest BCUT2D eigenvalue weighted by Gasteiger charge is 2.59. The highest BCUT2D eigenvalue weighted by atomic mass is 35.5. The summed E-state index contributed by atoms with van der Waals surface area (Å²) in [5.41, 5.74) is 3.30. The molecule has 3 atom stereocenters. The highest BCUT2D eigenvalue weighted by Crippen LogP contribution is 2.64. The lowest BCUT2D eigenvalue weighted by molar-refractivity contribution is -0.105. The van der Waals surface area contributed by atoms with Crippen molar-refractivity contribution in [2.24, 2.45) is 16.7 Å². The summed E-state index contributed by atoms with van der Waals surface area (Å²) in [6.45, 7) is 8.32. The van der Waals surface area contributed by atoms with Gasteiger partial charge in [-0.05, 0) is 48.7 Å². The van der Waals surface area contributed by atoms with Crippen molar-refractivity contribution in [3.63, 3.8) is 0 Å². The van der Waals surface area contributed by atoms with Gasteiger partial charge in [0.2, 0.25) is 0 Å². The zero-order chi connectivity index (χ0) is 22.0. The van der Waals surface area contributed by atoms with E-state index in [-0.39, 0.29) is 27.2 Å². The molecule has 30 heavy (non-hydrogen) atoms. The SMILES string of the molecule is COc1cc(O)c(C(=O)O[C@@H]2C[C@@]3(C)C2=C(C=O)C=C2CC(C)(C)C[C@@H]23)c(C)c1Cl. The summed E-state index contributed by atoms with van der Waals surface area (Å²) in [5, 5.41) is 10.6. The Labute approximate surface area is 181 Å². The van der Waals surface area contributed by atoms with Crippen LogP contribution in [0.3, 0.4) is 0 Å². The minimum atomic E-state index is -0.652. The molecule has 0 amide bonds. The van der Waals surface area contributed by atoms with Crippen molar-refractivity contribution in [1.29, 1.82) is 0 Å². The molecule has 3 aliphatic carbocycles. The van der Waals surface area contributed by atoms with Gasteiger partial charge in [0.15, 0.2) is 0 Å². The van der Waals surface area contributed by atoms with Crippen LogP contribution < -0.4 is 4.74 Å². The maximum atomic E-state index is 12.9. The fourth-order valence-electron chi connectivity index (χ4n) is 5.71. The molecule has 0 heterocycles. The van der Waals surface area contributed by atoms with E-state index in [0.717, 1.165) is 24.7 Å². The third-order valence-electron chi connectivity index (χ3n) is 7.10. The lowest BCUT2D eigenvalue weighted by Crippen LogP contribution is -2.51. The molecule has 5 nitrogen and oxygen atoms in total. The summed E-state index contributed by atoms with van der Waals surface area (Å²) < 4.78 is 10.9. The molecule has 160 valence electrons. The lowest BCUT2D eigenvalue weighted by atomic mass is 9.52. The van der Waals surface area contributed by atoms with Crippen molar-refractivity contribution in [2.45, 2.75) is 53.1 Å². The number of ether oxygens (including phenoxy) is 2. The molecule has 0 aromatic heterocycles. The van der Waals surface area contributed by atoms with E-state index < -0.39 is 12.1 Å². The number of hydrogen-bond donors (Lipinski definition) is 1. The maximum absolute atomic E-state index is 12.9. The number of methoxy groups -OCH3 is 1. The summed E-state index contributed by atoms with van der Waals surface area (Å²) in [5.74, 6) is -0.236. The Bertz CT molecular complexity index is 1020. The fourth-order valence-corrected chi connectivity index (χ4v) is 5.94. The van der Waals surface area contributed by atoms with Crippen molar-refractivity contribution >= 4 is 23.9 Å². The van der Waals surface area contributed by atoms with Crippen molar-refractivity contribution in [3.8, 4) is 11.5 Å². The van der Waals surface area contributed by atoms with Crippen LogP contribution in [0.1, 0.15) is 56.0 Å². The quantitative estimate of drug-likeness (QED) is 0.527. The second-order valence-corrected chi connectivity index (χ2v) is 10.1. The van der Waals surface area contributed by atoms with E-state index in [1.54, 1.807) is 6.92 Å². The van der Waals surface area contributed by atoms with Crippen molar-refractivity contribution in [3.05, 3.63) is 45.0 Å². The second-order valence-electron chi connectivity index (χ2n) is 9.73. The van der Waals surface area contributed by atoms with E-state index in [1.807, 2.05) is 6.08 Å². The van der Waals surface area contributed by atoms with Gasteiger partial charge in [-0.2, -0.15) is 0 Å². The smallest absolute Gasteiger partial charge is 0.342 e. The number of halogens is 1. The molecule has 2 fully saturated rings. The van der Waals surface area contributed by atoms with Gasteiger partial charge in [0.05, 0.1) is 12.1 Å². The molecule has 0 bridgehead atoms. The molecule has 1 aromatic carbocycles. The van der Waals surface area contributed by atoms with Crippen LogP contribution in [0.25, 0.3) is 0 Å². The topological polar surface area (TPSA) is 72.8 Å². The summed E-state index contributed by atoms with van der Waals surface area (Å²) in [4.78, 5) is 24.8. The number of allylic oxidation sites excluding steroid dienone is 3. The second kappa shape index (κ2) is 6.88. The zero-order valence-corrected chi connectivity index (χ0v) is 18.7. The third-order valence-corrected chi connectivity index (χ3v) is 7.57. The van der Waals surface area contributed by atoms with Gasteiger partial charge in [0.25, 0.3) is 0 Å². The number of carbonyl (C=O) groups is 2. The van der Waals surface area contributed by atoms with Crippen molar-refractivity contribution in [1.82, 2.24) is 0 Å².